The molecule has 0 radical (unpaired) electrons. The Hall–Kier alpha value is -3.10. The molecule has 1 amide bonds. The van der Waals surface area contributed by atoms with E-state index < -0.39 is 15.0 Å². The Morgan fingerprint density at radius 2 is 1.81 bits per heavy atom. The number of benzene rings is 3. The molecular formula is C18H16N2O5S. The van der Waals surface area contributed by atoms with E-state index in [1.54, 1.807) is 31.2 Å². The maximum absolute atomic E-state index is 12.4. The van der Waals surface area contributed by atoms with Crippen LogP contribution < -0.4 is 11.1 Å². The lowest BCUT2D eigenvalue weighted by Gasteiger charge is -2.10. The van der Waals surface area contributed by atoms with Gasteiger partial charge in [-0.3, -0.25) is 9.35 Å². The average molecular weight is 372 g/mol. The smallest absolute Gasteiger partial charge is 0.294 e. The first-order valence-corrected chi connectivity index (χ1v) is 9.01. The van der Waals surface area contributed by atoms with Gasteiger partial charge in [-0.2, -0.15) is 8.42 Å². The number of phenols is 1. The number of aromatic hydroxyl groups is 1. The molecule has 0 atom stereocenters. The average Bonchev–Trinajstić information content (AvgIpc) is 2.56. The fourth-order valence-electron chi connectivity index (χ4n) is 2.56. The third-order valence-electron chi connectivity index (χ3n) is 3.99. The van der Waals surface area contributed by atoms with Crippen LogP contribution in [0.15, 0.2) is 53.4 Å². The molecule has 0 heterocycles. The molecule has 0 aromatic heterocycles. The number of nitrogens with one attached hydrogen (secondary N) is 1. The molecule has 3 rings (SSSR count). The molecule has 0 aliphatic rings. The van der Waals surface area contributed by atoms with Crippen molar-refractivity contribution in [2.75, 3.05) is 11.1 Å². The van der Waals surface area contributed by atoms with Gasteiger partial charge in [0.25, 0.3) is 16.0 Å². The van der Waals surface area contributed by atoms with E-state index in [-0.39, 0.29) is 11.7 Å². The Labute approximate surface area is 149 Å². The van der Waals surface area contributed by atoms with Gasteiger partial charge in [0.15, 0.2) is 0 Å². The van der Waals surface area contributed by atoms with E-state index in [1.807, 2.05) is 0 Å². The van der Waals surface area contributed by atoms with E-state index in [1.165, 1.54) is 18.2 Å². The summed E-state index contributed by atoms with van der Waals surface area (Å²) < 4.78 is 31.6. The van der Waals surface area contributed by atoms with Gasteiger partial charge in [-0.05, 0) is 54.3 Å². The molecule has 0 spiro atoms. The first-order chi connectivity index (χ1) is 12.1. The van der Waals surface area contributed by atoms with Crippen molar-refractivity contribution >= 4 is 38.2 Å². The van der Waals surface area contributed by atoms with E-state index in [0.29, 0.717) is 27.7 Å². The summed E-state index contributed by atoms with van der Waals surface area (Å²) in [5.74, 6) is -0.670. The van der Waals surface area contributed by atoms with Gasteiger partial charge in [0, 0.05) is 28.4 Å². The van der Waals surface area contributed by atoms with Crippen molar-refractivity contribution in [1.82, 2.24) is 0 Å². The molecule has 3 aromatic rings. The van der Waals surface area contributed by atoms with Crippen molar-refractivity contribution in [1.29, 1.82) is 0 Å². The second-order valence-electron chi connectivity index (χ2n) is 5.88. The second kappa shape index (κ2) is 6.32. The van der Waals surface area contributed by atoms with Crippen molar-refractivity contribution in [2.45, 2.75) is 11.8 Å². The Kier molecular flexibility index (Phi) is 4.31. The first kappa shape index (κ1) is 17.7. The van der Waals surface area contributed by atoms with E-state index in [4.69, 9.17) is 10.3 Å². The number of nitrogens with two attached hydrogens (primary N) is 1. The van der Waals surface area contributed by atoms with Gasteiger partial charge in [-0.15, -0.1) is 0 Å². The molecule has 0 unspecified atom stereocenters. The molecule has 0 aliphatic heterocycles. The maximum atomic E-state index is 12.4. The monoisotopic (exact) mass is 372 g/mol. The van der Waals surface area contributed by atoms with E-state index >= 15 is 0 Å². The third-order valence-corrected chi connectivity index (χ3v) is 4.83. The molecular weight excluding hydrogens is 356 g/mol. The van der Waals surface area contributed by atoms with Crippen molar-refractivity contribution in [3.05, 3.63) is 59.7 Å². The zero-order valence-electron chi connectivity index (χ0n) is 13.7. The fraction of sp³-hybridized carbons (Fsp3) is 0.0556. The van der Waals surface area contributed by atoms with Crippen LogP contribution in [-0.2, 0) is 10.1 Å². The van der Waals surface area contributed by atoms with Gasteiger partial charge >= 0.3 is 0 Å². The number of hydrogen-bond donors (Lipinski definition) is 4. The van der Waals surface area contributed by atoms with E-state index in [2.05, 4.69) is 5.32 Å². The number of hydrogen-bond acceptors (Lipinski definition) is 5. The van der Waals surface area contributed by atoms with Crippen molar-refractivity contribution in [3.8, 4) is 5.75 Å². The highest BCUT2D eigenvalue weighted by Crippen LogP contribution is 2.31. The SMILES string of the molecule is Cc1cc(C(=O)Nc2ccc3cc(S(=O)(=O)O)cc(O)c3c2)ccc1N. The summed E-state index contributed by atoms with van der Waals surface area (Å²) in [7, 11) is -4.43. The zero-order chi connectivity index (χ0) is 19.1. The van der Waals surface area contributed by atoms with Crippen LogP contribution in [0.1, 0.15) is 15.9 Å². The Bertz CT molecular complexity index is 1140. The standard InChI is InChI=1S/C18H16N2O5S/c1-10-6-12(3-5-16(10)19)18(22)20-13-4-2-11-7-14(26(23,24)25)9-17(21)15(11)8-13/h2-9,21H,19H2,1H3,(H,20,22)(H,23,24,25). The lowest BCUT2D eigenvalue weighted by atomic mass is 10.1. The van der Waals surface area contributed by atoms with Gasteiger partial charge < -0.3 is 16.2 Å². The lowest BCUT2D eigenvalue weighted by molar-refractivity contribution is 0.102. The third kappa shape index (κ3) is 3.46. The molecule has 0 saturated heterocycles. The molecule has 0 bridgehead atoms. The summed E-state index contributed by atoms with van der Waals surface area (Å²) in [6.45, 7) is 1.80. The summed E-state index contributed by atoms with van der Waals surface area (Å²) in [4.78, 5) is 12.0. The molecule has 0 fully saturated rings. The fourth-order valence-corrected chi connectivity index (χ4v) is 3.09. The molecule has 5 N–H and O–H groups in total. The van der Waals surface area contributed by atoms with Gasteiger partial charge in [-0.1, -0.05) is 6.07 Å². The number of amides is 1. The van der Waals surface area contributed by atoms with Crippen LogP contribution in [-0.4, -0.2) is 24.0 Å². The van der Waals surface area contributed by atoms with Gasteiger partial charge in [0.05, 0.1) is 4.90 Å². The second-order valence-corrected chi connectivity index (χ2v) is 7.30. The topological polar surface area (TPSA) is 130 Å². The number of phenolic OH excluding ortho intramolecular Hbond substituents is 1. The highest BCUT2D eigenvalue weighted by Gasteiger charge is 2.14. The number of rotatable bonds is 3. The van der Waals surface area contributed by atoms with Gasteiger partial charge in [0.1, 0.15) is 5.75 Å². The zero-order valence-corrected chi connectivity index (χ0v) is 14.5. The van der Waals surface area contributed by atoms with Crippen LogP contribution >= 0.6 is 0 Å². The highest BCUT2D eigenvalue weighted by atomic mass is 32.2. The summed E-state index contributed by atoms with van der Waals surface area (Å²) in [6, 6.07) is 11.7. The minimum absolute atomic E-state index is 0.324. The summed E-state index contributed by atoms with van der Waals surface area (Å²) in [5, 5.41) is 13.5. The quantitative estimate of drug-likeness (QED) is 0.413. The molecule has 7 nitrogen and oxygen atoms in total. The molecule has 8 heteroatoms. The minimum Gasteiger partial charge on any atom is -0.507 e. The Morgan fingerprint density at radius 3 is 2.46 bits per heavy atom. The number of aryl methyl sites for hydroxylation is 1. The maximum Gasteiger partial charge on any atom is 0.294 e. The molecule has 134 valence electrons. The van der Waals surface area contributed by atoms with Crippen LogP contribution in [0.3, 0.4) is 0 Å². The van der Waals surface area contributed by atoms with Gasteiger partial charge in [0.2, 0.25) is 0 Å². The number of anilines is 2. The molecule has 0 aliphatic carbocycles. The largest absolute Gasteiger partial charge is 0.507 e. The summed E-state index contributed by atoms with van der Waals surface area (Å²) in [6.07, 6.45) is 0. The lowest BCUT2D eigenvalue weighted by Crippen LogP contribution is -2.12. The summed E-state index contributed by atoms with van der Waals surface area (Å²) >= 11 is 0. The Balaban J connectivity index is 1.95. The normalized spacial score (nSPS) is 11.5. The first-order valence-electron chi connectivity index (χ1n) is 7.57. The number of carbonyl (C=O) groups excluding carboxylic acids is 1. The van der Waals surface area contributed by atoms with E-state index in [9.17, 15) is 18.3 Å². The van der Waals surface area contributed by atoms with Crippen molar-refractivity contribution in [2.24, 2.45) is 0 Å². The predicted molar refractivity (Wildman–Crippen MR) is 99.0 cm³/mol. The van der Waals surface area contributed by atoms with Crippen LogP contribution in [0.5, 0.6) is 5.75 Å². The van der Waals surface area contributed by atoms with Crippen LogP contribution in [0.4, 0.5) is 11.4 Å². The molecule has 3 aromatic carbocycles. The molecule has 26 heavy (non-hydrogen) atoms. The number of nitrogen functional groups attached to an aromatic ring is 1. The number of fused-ring (bicyclic) bond motifs is 1. The van der Waals surface area contributed by atoms with Crippen LogP contribution in [0.25, 0.3) is 10.8 Å². The number of carbonyl (C=O) groups is 1. The van der Waals surface area contributed by atoms with E-state index in [0.717, 1.165) is 11.6 Å². The highest BCUT2D eigenvalue weighted by molar-refractivity contribution is 7.85. The minimum atomic E-state index is -4.43. The Morgan fingerprint density at radius 1 is 1.08 bits per heavy atom. The predicted octanol–water partition coefficient (Wildman–Crippen LogP) is 2.94. The van der Waals surface area contributed by atoms with Crippen LogP contribution in [0.2, 0.25) is 0 Å². The summed E-state index contributed by atoms with van der Waals surface area (Å²) in [5.41, 5.74) is 7.97. The van der Waals surface area contributed by atoms with Crippen molar-refractivity contribution < 1.29 is 22.9 Å². The van der Waals surface area contributed by atoms with Gasteiger partial charge in [-0.25, -0.2) is 0 Å². The van der Waals surface area contributed by atoms with Crippen LogP contribution in [0, 0.1) is 6.92 Å². The molecule has 0 saturated carbocycles. The van der Waals surface area contributed by atoms with Crippen molar-refractivity contribution in [3.63, 3.8) is 0 Å².